The first kappa shape index (κ1) is 17.0. The fourth-order valence-corrected chi connectivity index (χ4v) is 2.98. The van der Waals surface area contributed by atoms with E-state index in [0.717, 1.165) is 0 Å². The minimum Gasteiger partial charge on any atom is -0.338 e. The highest BCUT2D eigenvalue weighted by atomic mass is 16.1. The van der Waals surface area contributed by atoms with Crippen molar-refractivity contribution >= 4 is 22.6 Å². The number of hydrogen-bond donors (Lipinski definition) is 2. The van der Waals surface area contributed by atoms with E-state index >= 15 is 0 Å². The van der Waals surface area contributed by atoms with Gasteiger partial charge in [-0.05, 0) is 30.3 Å². The topological polar surface area (TPSA) is 105 Å². The maximum absolute atomic E-state index is 12.8. The van der Waals surface area contributed by atoms with Crippen LogP contribution in [-0.4, -0.2) is 15.9 Å². The second-order valence-electron chi connectivity index (χ2n) is 6.09. The molecule has 0 aliphatic carbocycles. The SMILES string of the molecule is N#Cc1cc2nc(-c3ccccc3C(=O)Nc3ccccc3)[nH]c2cc1C#N. The highest BCUT2D eigenvalue weighted by molar-refractivity contribution is 6.08. The Morgan fingerprint density at radius 1 is 0.929 bits per heavy atom. The first-order chi connectivity index (χ1) is 13.7. The summed E-state index contributed by atoms with van der Waals surface area (Å²) in [6, 6.07) is 23.5. The average Bonchev–Trinajstić information content (AvgIpc) is 3.16. The summed E-state index contributed by atoms with van der Waals surface area (Å²) in [6.45, 7) is 0. The first-order valence-corrected chi connectivity index (χ1v) is 8.49. The van der Waals surface area contributed by atoms with Crippen LogP contribution in [0.2, 0.25) is 0 Å². The smallest absolute Gasteiger partial charge is 0.256 e. The van der Waals surface area contributed by atoms with E-state index < -0.39 is 0 Å². The molecule has 6 nitrogen and oxygen atoms in total. The summed E-state index contributed by atoms with van der Waals surface area (Å²) in [4.78, 5) is 20.5. The summed E-state index contributed by atoms with van der Waals surface area (Å²) in [6.07, 6.45) is 0. The number of hydrogen-bond acceptors (Lipinski definition) is 4. The Bertz CT molecular complexity index is 1230. The number of anilines is 1. The molecule has 1 amide bonds. The van der Waals surface area contributed by atoms with Gasteiger partial charge in [-0.1, -0.05) is 36.4 Å². The van der Waals surface area contributed by atoms with Gasteiger partial charge in [-0.25, -0.2) is 4.98 Å². The Balaban J connectivity index is 1.77. The van der Waals surface area contributed by atoms with Crippen LogP contribution in [0.15, 0.2) is 66.7 Å². The third kappa shape index (κ3) is 3.07. The number of aromatic amines is 1. The third-order valence-electron chi connectivity index (χ3n) is 4.32. The minimum atomic E-state index is -0.252. The highest BCUT2D eigenvalue weighted by Gasteiger charge is 2.16. The molecular formula is C22H13N5O. The predicted molar refractivity (Wildman–Crippen MR) is 105 cm³/mol. The van der Waals surface area contributed by atoms with E-state index in [2.05, 4.69) is 15.3 Å². The van der Waals surface area contributed by atoms with Crippen LogP contribution in [0.5, 0.6) is 0 Å². The number of carbonyl (C=O) groups excluding carboxylic acids is 1. The number of aromatic nitrogens is 2. The van der Waals surface area contributed by atoms with Crippen LogP contribution in [0.25, 0.3) is 22.4 Å². The summed E-state index contributed by atoms with van der Waals surface area (Å²) in [5.41, 5.74) is 3.52. The first-order valence-electron chi connectivity index (χ1n) is 8.49. The van der Waals surface area contributed by atoms with Gasteiger partial charge in [0.15, 0.2) is 0 Å². The van der Waals surface area contributed by atoms with E-state index in [1.807, 2.05) is 48.5 Å². The number of para-hydroxylation sites is 1. The quantitative estimate of drug-likeness (QED) is 0.568. The standard InChI is InChI=1S/C22H13N5O/c23-12-14-10-19-20(11-15(14)13-24)27-21(26-19)17-8-4-5-9-18(17)22(28)25-16-6-2-1-3-7-16/h1-11H,(H,25,28)(H,26,27). The monoisotopic (exact) mass is 363 g/mol. The van der Waals surface area contributed by atoms with E-state index in [1.165, 1.54) is 0 Å². The van der Waals surface area contributed by atoms with Gasteiger partial charge in [-0.3, -0.25) is 4.79 Å². The molecule has 0 bridgehead atoms. The van der Waals surface area contributed by atoms with Gasteiger partial charge in [-0.2, -0.15) is 10.5 Å². The van der Waals surface area contributed by atoms with E-state index in [9.17, 15) is 15.3 Å². The molecule has 4 aromatic rings. The van der Waals surface area contributed by atoms with E-state index in [1.54, 1.807) is 30.3 Å². The zero-order valence-corrected chi connectivity index (χ0v) is 14.6. The fourth-order valence-electron chi connectivity index (χ4n) is 2.98. The van der Waals surface area contributed by atoms with Crippen molar-refractivity contribution < 1.29 is 4.79 Å². The van der Waals surface area contributed by atoms with Crippen LogP contribution in [0.3, 0.4) is 0 Å². The van der Waals surface area contributed by atoms with Crippen LogP contribution in [-0.2, 0) is 0 Å². The number of imidazole rings is 1. The van der Waals surface area contributed by atoms with Crippen molar-refractivity contribution in [1.82, 2.24) is 9.97 Å². The molecule has 0 aliphatic heterocycles. The lowest BCUT2D eigenvalue weighted by Gasteiger charge is -2.08. The number of H-pyrrole nitrogens is 1. The number of nitrogens with zero attached hydrogens (tertiary/aromatic N) is 3. The lowest BCUT2D eigenvalue weighted by atomic mass is 10.1. The minimum absolute atomic E-state index is 0.252. The number of fused-ring (bicyclic) bond motifs is 1. The maximum Gasteiger partial charge on any atom is 0.256 e. The van der Waals surface area contributed by atoms with Gasteiger partial charge < -0.3 is 10.3 Å². The molecule has 28 heavy (non-hydrogen) atoms. The number of carbonyl (C=O) groups is 1. The Kier molecular flexibility index (Phi) is 4.29. The largest absolute Gasteiger partial charge is 0.338 e. The Morgan fingerprint density at radius 3 is 2.36 bits per heavy atom. The summed E-state index contributed by atoms with van der Waals surface area (Å²) in [5, 5.41) is 21.3. The molecule has 1 heterocycles. The lowest BCUT2D eigenvalue weighted by Crippen LogP contribution is -2.13. The Labute approximate surface area is 160 Å². The van der Waals surface area contributed by atoms with Gasteiger partial charge in [0.1, 0.15) is 18.0 Å². The average molecular weight is 363 g/mol. The summed E-state index contributed by atoms with van der Waals surface area (Å²) >= 11 is 0. The van der Waals surface area contributed by atoms with Crippen molar-refractivity contribution in [3.63, 3.8) is 0 Å². The molecule has 3 aromatic carbocycles. The molecule has 1 aromatic heterocycles. The van der Waals surface area contributed by atoms with Crippen molar-refractivity contribution in [2.45, 2.75) is 0 Å². The number of nitrogens with one attached hydrogen (secondary N) is 2. The van der Waals surface area contributed by atoms with Crippen molar-refractivity contribution in [3.8, 4) is 23.5 Å². The van der Waals surface area contributed by atoms with Crippen LogP contribution in [0.1, 0.15) is 21.5 Å². The second kappa shape index (κ2) is 7.06. The van der Waals surface area contributed by atoms with E-state index in [-0.39, 0.29) is 17.0 Å². The van der Waals surface area contributed by atoms with Gasteiger partial charge in [0.05, 0.1) is 27.7 Å². The summed E-state index contributed by atoms with van der Waals surface area (Å²) in [7, 11) is 0. The predicted octanol–water partition coefficient (Wildman–Crippen LogP) is 4.23. The van der Waals surface area contributed by atoms with Gasteiger partial charge in [0, 0.05) is 11.3 Å². The zero-order chi connectivity index (χ0) is 19.5. The summed E-state index contributed by atoms with van der Waals surface area (Å²) in [5.74, 6) is 0.241. The lowest BCUT2D eigenvalue weighted by molar-refractivity contribution is 0.102. The van der Waals surface area contributed by atoms with Crippen LogP contribution in [0, 0.1) is 22.7 Å². The second-order valence-corrected chi connectivity index (χ2v) is 6.09. The van der Waals surface area contributed by atoms with E-state index in [0.29, 0.717) is 33.7 Å². The number of amides is 1. The van der Waals surface area contributed by atoms with Crippen molar-refractivity contribution in [3.05, 3.63) is 83.4 Å². The normalized spacial score (nSPS) is 10.2. The summed E-state index contributed by atoms with van der Waals surface area (Å²) < 4.78 is 0. The van der Waals surface area contributed by atoms with Crippen LogP contribution >= 0.6 is 0 Å². The van der Waals surface area contributed by atoms with Gasteiger partial charge in [0.25, 0.3) is 5.91 Å². The van der Waals surface area contributed by atoms with Gasteiger partial charge >= 0.3 is 0 Å². The zero-order valence-electron chi connectivity index (χ0n) is 14.6. The van der Waals surface area contributed by atoms with Gasteiger partial charge in [0.2, 0.25) is 0 Å². The van der Waals surface area contributed by atoms with Crippen molar-refractivity contribution in [2.75, 3.05) is 5.32 Å². The van der Waals surface area contributed by atoms with Crippen LogP contribution < -0.4 is 5.32 Å². The molecule has 0 spiro atoms. The maximum atomic E-state index is 12.8. The molecule has 0 unspecified atom stereocenters. The molecule has 0 saturated carbocycles. The molecule has 4 rings (SSSR count). The molecule has 2 N–H and O–H groups in total. The van der Waals surface area contributed by atoms with Crippen molar-refractivity contribution in [2.24, 2.45) is 0 Å². The number of nitriles is 2. The highest BCUT2D eigenvalue weighted by Crippen LogP contribution is 2.26. The molecule has 6 heteroatoms. The number of rotatable bonds is 3. The fraction of sp³-hybridized carbons (Fsp3) is 0. The van der Waals surface area contributed by atoms with E-state index in [4.69, 9.17) is 0 Å². The molecule has 0 radical (unpaired) electrons. The Morgan fingerprint density at radius 2 is 1.61 bits per heavy atom. The molecule has 0 aliphatic rings. The number of benzene rings is 3. The van der Waals surface area contributed by atoms with Crippen molar-refractivity contribution in [1.29, 1.82) is 10.5 Å². The van der Waals surface area contributed by atoms with Crippen LogP contribution in [0.4, 0.5) is 5.69 Å². The molecule has 0 atom stereocenters. The Hall–Kier alpha value is -4.42. The third-order valence-corrected chi connectivity index (χ3v) is 4.32. The molecule has 0 fully saturated rings. The molecule has 0 saturated heterocycles. The van der Waals surface area contributed by atoms with Gasteiger partial charge in [-0.15, -0.1) is 0 Å². The molecule has 132 valence electrons. The molecular weight excluding hydrogens is 350 g/mol.